The van der Waals surface area contributed by atoms with Gasteiger partial charge >= 0.3 is 11.9 Å². The molecule has 0 rings (SSSR count). The summed E-state index contributed by atoms with van der Waals surface area (Å²) in [4.78, 5) is 31.7. The molecule has 0 aromatic rings. The van der Waals surface area contributed by atoms with Crippen molar-refractivity contribution in [3.05, 3.63) is 0 Å². The first-order chi connectivity index (χ1) is 8.52. The molecule has 0 radical (unpaired) electrons. The summed E-state index contributed by atoms with van der Waals surface area (Å²) in [5, 5.41) is 8.32. The van der Waals surface area contributed by atoms with Crippen LogP contribution in [-0.4, -0.2) is 29.4 Å². The summed E-state index contributed by atoms with van der Waals surface area (Å²) in [6, 6.07) is 0. The number of esters is 1. The molecular weight excluding hydrogens is 236 g/mol. The molecule has 0 bridgehead atoms. The Morgan fingerprint density at radius 1 is 0.944 bits per heavy atom. The van der Waals surface area contributed by atoms with Crippen LogP contribution in [0.25, 0.3) is 0 Å². The van der Waals surface area contributed by atoms with Crippen LogP contribution in [0.5, 0.6) is 0 Å². The molecule has 0 aromatic heterocycles. The predicted molar refractivity (Wildman–Crippen MR) is 66.2 cm³/mol. The van der Waals surface area contributed by atoms with Gasteiger partial charge in [-0.25, -0.2) is 0 Å². The number of hydrogen-bond acceptors (Lipinski definition) is 4. The van der Waals surface area contributed by atoms with Crippen LogP contribution < -0.4 is 0 Å². The average Bonchev–Trinajstić information content (AvgIpc) is 2.25. The standard InChI is InChI=1S/C13H22O5/c1-11(14)8-6-4-2-3-5-7-9-18-13(17)10-12(15)16/h2-10H2,1H3,(H,15,16). The fraction of sp³-hybridized carbons (Fsp3) is 0.769. The van der Waals surface area contributed by atoms with E-state index in [1.54, 1.807) is 6.92 Å². The van der Waals surface area contributed by atoms with Gasteiger partial charge in [-0.3, -0.25) is 9.59 Å². The van der Waals surface area contributed by atoms with Crippen LogP contribution in [-0.2, 0) is 19.1 Å². The molecule has 0 aliphatic heterocycles. The first-order valence-corrected chi connectivity index (χ1v) is 6.39. The molecule has 0 fully saturated rings. The minimum Gasteiger partial charge on any atom is -0.481 e. The van der Waals surface area contributed by atoms with E-state index < -0.39 is 18.4 Å². The molecule has 0 spiro atoms. The maximum absolute atomic E-state index is 10.9. The van der Waals surface area contributed by atoms with Crippen molar-refractivity contribution in [3.8, 4) is 0 Å². The van der Waals surface area contributed by atoms with Crippen molar-refractivity contribution >= 4 is 17.7 Å². The third-order valence-electron chi connectivity index (χ3n) is 2.48. The van der Waals surface area contributed by atoms with Crippen molar-refractivity contribution < 1.29 is 24.2 Å². The molecule has 104 valence electrons. The van der Waals surface area contributed by atoms with Crippen molar-refractivity contribution in [1.29, 1.82) is 0 Å². The lowest BCUT2D eigenvalue weighted by atomic mass is 10.1. The van der Waals surface area contributed by atoms with Crippen LogP contribution in [0, 0.1) is 0 Å². The highest BCUT2D eigenvalue weighted by molar-refractivity contribution is 5.90. The third kappa shape index (κ3) is 12.7. The molecule has 0 aliphatic carbocycles. The van der Waals surface area contributed by atoms with Crippen molar-refractivity contribution in [2.75, 3.05) is 6.61 Å². The lowest BCUT2D eigenvalue weighted by molar-refractivity contribution is -0.151. The molecule has 0 amide bonds. The van der Waals surface area contributed by atoms with E-state index in [9.17, 15) is 14.4 Å². The molecule has 5 nitrogen and oxygen atoms in total. The SMILES string of the molecule is CC(=O)CCCCCCCCOC(=O)CC(=O)O. The van der Waals surface area contributed by atoms with Crippen molar-refractivity contribution in [2.45, 2.75) is 58.3 Å². The summed E-state index contributed by atoms with van der Waals surface area (Å²) in [6.07, 6.45) is 5.95. The van der Waals surface area contributed by atoms with Gasteiger partial charge in [-0.05, 0) is 19.8 Å². The second-order valence-electron chi connectivity index (χ2n) is 4.36. The highest BCUT2D eigenvalue weighted by Crippen LogP contribution is 2.07. The lowest BCUT2D eigenvalue weighted by Crippen LogP contribution is -2.11. The van der Waals surface area contributed by atoms with E-state index in [0.717, 1.165) is 38.5 Å². The Kier molecular flexibility index (Phi) is 9.91. The van der Waals surface area contributed by atoms with Crippen LogP contribution in [0.4, 0.5) is 0 Å². The number of hydrogen-bond donors (Lipinski definition) is 1. The largest absolute Gasteiger partial charge is 0.481 e. The third-order valence-corrected chi connectivity index (χ3v) is 2.48. The van der Waals surface area contributed by atoms with E-state index >= 15 is 0 Å². The quantitative estimate of drug-likeness (QED) is 0.349. The maximum Gasteiger partial charge on any atom is 0.317 e. The number of Topliss-reactive ketones (excluding diaryl/α,β-unsaturated/α-hetero) is 1. The monoisotopic (exact) mass is 258 g/mol. The number of unbranched alkanes of at least 4 members (excludes halogenated alkanes) is 5. The summed E-state index contributed by atoms with van der Waals surface area (Å²) < 4.78 is 4.75. The van der Waals surface area contributed by atoms with E-state index in [0.29, 0.717) is 13.0 Å². The summed E-state index contributed by atoms with van der Waals surface area (Å²) in [6.45, 7) is 1.89. The zero-order chi connectivity index (χ0) is 13.8. The normalized spacial score (nSPS) is 10.1. The average molecular weight is 258 g/mol. The van der Waals surface area contributed by atoms with Crippen LogP contribution in [0.1, 0.15) is 58.3 Å². The van der Waals surface area contributed by atoms with Crippen LogP contribution in [0.2, 0.25) is 0 Å². The summed E-state index contributed by atoms with van der Waals surface area (Å²) in [5.41, 5.74) is 0. The highest BCUT2D eigenvalue weighted by Gasteiger charge is 2.07. The van der Waals surface area contributed by atoms with E-state index in [4.69, 9.17) is 9.84 Å². The van der Waals surface area contributed by atoms with Gasteiger partial charge in [0.15, 0.2) is 0 Å². The van der Waals surface area contributed by atoms with Gasteiger partial charge in [0.05, 0.1) is 6.61 Å². The number of ketones is 1. The van der Waals surface area contributed by atoms with Crippen molar-refractivity contribution in [3.63, 3.8) is 0 Å². The van der Waals surface area contributed by atoms with E-state index in [-0.39, 0.29) is 5.78 Å². The fourth-order valence-corrected chi connectivity index (χ4v) is 1.54. The van der Waals surface area contributed by atoms with Gasteiger partial charge in [-0.2, -0.15) is 0 Å². The number of carboxylic acids is 1. The fourth-order valence-electron chi connectivity index (χ4n) is 1.54. The zero-order valence-corrected chi connectivity index (χ0v) is 10.9. The Hall–Kier alpha value is -1.39. The van der Waals surface area contributed by atoms with Gasteiger partial charge in [0.25, 0.3) is 0 Å². The van der Waals surface area contributed by atoms with Crippen LogP contribution >= 0.6 is 0 Å². The van der Waals surface area contributed by atoms with Gasteiger partial charge < -0.3 is 14.6 Å². The number of ether oxygens (including phenoxy) is 1. The minimum absolute atomic E-state index is 0.236. The molecule has 0 saturated heterocycles. The molecule has 0 unspecified atom stereocenters. The molecule has 0 aromatic carbocycles. The summed E-state index contributed by atoms with van der Waals surface area (Å²) in [7, 11) is 0. The molecule has 18 heavy (non-hydrogen) atoms. The number of aliphatic carboxylic acids is 1. The van der Waals surface area contributed by atoms with Gasteiger partial charge in [-0.1, -0.05) is 25.7 Å². The number of rotatable bonds is 11. The van der Waals surface area contributed by atoms with Crippen LogP contribution in [0.15, 0.2) is 0 Å². The molecule has 0 aliphatic rings. The van der Waals surface area contributed by atoms with Crippen LogP contribution in [0.3, 0.4) is 0 Å². The molecule has 0 heterocycles. The minimum atomic E-state index is -1.16. The maximum atomic E-state index is 10.9. The molecule has 0 atom stereocenters. The molecule has 5 heteroatoms. The Labute approximate surface area is 108 Å². The Bertz CT molecular complexity index is 273. The van der Waals surface area contributed by atoms with Crippen molar-refractivity contribution in [2.24, 2.45) is 0 Å². The van der Waals surface area contributed by atoms with Gasteiger partial charge in [0, 0.05) is 6.42 Å². The predicted octanol–water partition coefficient (Wildman–Crippen LogP) is 2.32. The van der Waals surface area contributed by atoms with Gasteiger partial charge in [0.2, 0.25) is 0 Å². The highest BCUT2D eigenvalue weighted by atomic mass is 16.5. The number of carboxylic acid groups (broad SMARTS) is 1. The summed E-state index contributed by atoms with van der Waals surface area (Å²) in [5.74, 6) is -1.60. The van der Waals surface area contributed by atoms with Gasteiger partial charge in [-0.15, -0.1) is 0 Å². The first-order valence-electron chi connectivity index (χ1n) is 6.39. The number of carbonyl (C=O) groups is 3. The van der Waals surface area contributed by atoms with E-state index in [1.807, 2.05) is 0 Å². The van der Waals surface area contributed by atoms with E-state index in [1.165, 1.54) is 0 Å². The smallest absolute Gasteiger partial charge is 0.317 e. The number of carbonyl (C=O) groups excluding carboxylic acids is 2. The molecular formula is C13H22O5. The van der Waals surface area contributed by atoms with Crippen molar-refractivity contribution in [1.82, 2.24) is 0 Å². The second-order valence-corrected chi connectivity index (χ2v) is 4.36. The lowest BCUT2D eigenvalue weighted by Gasteiger charge is -2.03. The topological polar surface area (TPSA) is 80.7 Å². The summed E-state index contributed by atoms with van der Waals surface area (Å²) >= 11 is 0. The first kappa shape index (κ1) is 16.6. The zero-order valence-electron chi connectivity index (χ0n) is 10.9. The molecule has 0 saturated carbocycles. The Balaban J connectivity index is 3.18. The van der Waals surface area contributed by atoms with Gasteiger partial charge in [0.1, 0.15) is 12.2 Å². The van der Waals surface area contributed by atoms with E-state index in [2.05, 4.69) is 0 Å². The second kappa shape index (κ2) is 10.7. The Morgan fingerprint density at radius 3 is 2.06 bits per heavy atom. The Morgan fingerprint density at radius 2 is 1.50 bits per heavy atom. The molecule has 1 N–H and O–H groups in total.